The topological polar surface area (TPSA) is 118 Å². The van der Waals surface area contributed by atoms with Crippen molar-refractivity contribution in [2.45, 2.75) is 20.8 Å². The average Bonchev–Trinajstić information content (AvgIpc) is 2.84. The Labute approximate surface area is 149 Å². The molecule has 0 spiro atoms. The van der Waals surface area contributed by atoms with Crippen molar-refractivity contribution in [3.8, 4) is 17.5 Å². The van der Waals surface area contributed by atoms with Crippen molar-refractivity contribution in [2.24, 2.45) is 5.73 Å². The fourth-order valence-electron chi connectivity index (χ4n) is 3.27. The molecule has 6 nitrogen and oxygen atoms in total. The number of rotatable bonds is 2. The number of fused-ring (bicyclic) bond motifs is 1. The summed E-state index contributed by atoms with van der Waals surface area (Å²) in [7, 11) is 0. The number of phenols is 1. The van der Waals surface area contributed by atoms with Gasteiger partial charge < -0.3 is 16.6 Å². The van der Waals surface area contributed by atoms with Crippen LogP contribution in [-0.2, 0) is 0 Å². The summed E-state index contributed by atoms with van der Waals surface area (Å²) in [5.41, 5.74) is 14.3. The number of nitrogens with two attached hydrogens (primary N) is 2. The Morgan fingerprint density at radius 3 is 2.46 bits per heavy atom. The van der Waals surface area contributed by atoms with Gasteiger partial charge in [-0.25, -0.2) is 4.39 Å². The monoisotopic (exact) mass is 352 g/mol. The smallest absolute Gasteiger partial charge is 0.253 e. The number of primary amides is 1. The fourth-order valence-corrected chi connectivity index (χ4v) is 3.27. The number of hydrogen-bond donors (Lipinski definition) is 3. The Balaban J connectivity index is 2.58. The van der Waals surface area contributed by atoms with Crippen molar-refractivity contribution in [3.63, 3.8) is 0 Å². The molecule has 0 aliphatic carbocycles. The summed E-state index contributed by atoms with van der Waals surface area (Å²) in [4.78, 5) is 12.0. The molecule has 0 aliphatic heterocycles. The molecular formula is C19H17FN4O2. The first-order chi connectivity index (χ1) is 12.2. The molecule has 26 heavy (non-hydrogen) atoms. The minimum Gasteiger partial charge on any atom is -0.507 e. The fraction of sp³-hybridized carbons (Fsp3) is 0.158. The zero-order valence-corrected chi connectivity index (χ0v) is 14.5. The molecule has 0 aliphatic rings. The number of aromatic nitrogens is 1. The molecule has 0 radical (unpaired) electrons. The van der Waals surface area contributed by atoms with Crippen LogP contribution in [0.4, 0.5) is 10.2 Å². The van der Waals surface area contributed by atoms with Crippen LogP contribution < -0.4 is 11.5 Å². The number of nitriles is 1. The lowest BCUT2D eigenvalue weighted by molar-refractivity contribution is 0.100. The predicted octanol–water partition coefficient (Wildman–Crippen LogP) is 2.95. The number of phenolic OH excluding ortho intramolecular Hbond substituents is 1. The molecule has 132 valence electrons. The van der Waals surface area contributed by atoms with Crippen molar-refractivity contribution >= 4 is 22.6 Å². The quantitative estimate of drug-likeness (QED) is 0.657. The van der Waals surface area contributed by atoms with E-state index in [0.717, 1.165) is 6.07 Å². The van der Waals surface area contributed by atoms with Crippen LogP contribution >= 0.6 is 0 Å². The number of anilines is 1. The maximum atomic E-state index is 14.3. The lowest BCUT2D eigenvalue weighted by Crippen LogP contribution is -2.14. The van der Waals surface area contributed by atoms with Gasteiger partial charge in [-0.05, 0) is 38.5 Å². The molecule has 0 atom stereocenters. The summed E-state index contributed by atoms with van der Waals surface area (Å²) in [5.74, 6) is -1.56. The lowest BCUT2D eigenvalue weighted by Gasteiger charge is -2.16. The molecule has 2 aromatic carbocycles. The number of aromatic hydroxyl groups is 1. The first-order valence-corrected chi connectivity index (χ1v) is 7.82. The summed E-state index contributed by atoms with van der Waals surface area (Å²) >= 11 is 0. The number of carbonyl (C=O) groups excluding carboxylic acids is 1. The van der Waals surface area contributed by atoms with Crippen molar-refractivity contribution < 1.29 is 14.3 Å². The van der Waals surface area contributed by atoms with Gasteiger partial charge in [0, 0.05) is 22.6 Å². The summed E-state index contributed by atoms with van der Waals surface area (Å²) in [6.45, 7) is 4.93. The maximum Gasteiger partial charge on any atom is 0.253 e. The summed E-state index contributed by atoms with van der Waals surface area (Å²) < 4.78 is 15.7. The number of nitrogen functional groups attached to an aromatic ring is 1. The van der Waals surface area contributed by atoms with E-state index in [1.165, 1.54) is 4.57 Å². The number of benzene rings is 2. The van der Waals surface area contributed by atoms with Gasteiger partial charge in [0.05, 0.1) is 28.4 Å². The van der Waals surface area contributed by atoms with Gasteiger partial charge in [-0.1, -0.05) is 0 Å². The number of nitrogens with zero attached hydrogens (tertiary/aromatic N) is 2. The van der Waals surface area contributed by atoms with Crippen LogP contribution in [0.1, 0.15) is 32.6 Å². The highest BCUT2D eigenvalue weighted by atomic mass is 19.1. The highest BCUT2D eigenvalue weighted by molar-refractivity contribution is 6.12. The van der Waals surface area contributed by atoms with Crippen molar-refractivity contribution in [1.29, 1.82) is 5.26 Å². The van der Waals surface area contributed by atoms with Gasteiger partial charge in [0.25, 0.3) is 5.91 Å². The molecule has 1 amide bonds. The van der Waals surface area contributed by atoms with Gasteiger partial charge in [-0.2, -0.15) is 5.26 Å². The van der Waals surface area contributed by atoms with Crippen LogP contribution in [0.2, 0.25) is 0 Å². The van der Waals surface area contributed by atoms with E-state index in [0.29, 0.717) is 33.3 Å². The molecule has 0 fully saturated rings. The van der Waals surface area contributed by atoms with Gasteiger partial charge >= 0.3 is 0 Å². The molecule has 3 aromatic rings. The molecule has 5 N–H and O–H groups in total. The second-order valence-corrected chi connectivity index (χ2v) is 6.23. The van der Waals surface area contributed by atoms with Gasteiger partial charge in [-0.3, -0.25) is 9.36 Å². The first-order valence-electron chi connectivity index (χ1n) is 7.82. The van der Waals surface area contributed by atoms with Crippen molar-refractivity contribution in [1.82, 2.24) is 4.57 Å². The van der Waals surface area contributed by atoms with Crippen molar-refractivity contribution in [3.05, 3.63) is 51.8 Å². The maximum absolute atomic E-state index is 14.3. The van der Waals surface area contributed by atoms with Gasteiger partial charge in [0.2, 0.25) is 0 Å². The SMILES string of the molecule is Cc1cc2c(cc1C#N)c(C(N)=O)c(N)n2-c1c(C)c(O)cc(F)c1C. The number of halogens is 1. The Hall–Kier alpha value is -3.53. The standard InChI is InChI=1S/C19H17FN4O2/c1-8-4-14-12(5-11(8)7-21)16(19(23)26)18(22)24(14)17-9(2)13(20)6-15(25)10(17)3/h4-6,25H,22H2,1-3H3,(H2,23,26). The minimum absolute atomic E-state index is 0.0261. The largest absolute Gasteiger partial charge is 0.507 e. The molecule has 7 heteroatoms. The minimum atomic E-state index is -0.755. The lowest BCUT2D eigenvalue weighted by atomic mass is 10.0. The Kier molecular flexibility index (Phi) is 3.84. The van der Waals surface area contributed by atoms with E-state index in [9.17, 15) is 19.6 Å². The normalized spacial score (nSPS) is 10.9. The molecule has 1 aromatic heterocycles. The zero-order chi connectivity index (χ0) is 19.3. The summed E-state index contributed by atoms with van der Waals surface area (Å²) in [6, 6.07) is 6.33. The second kappa shape index (κ2) is 5.77. The van der Waals surface area contributed by atoms with E-state index in [2.05, 4.69) is 6.07 Å². The van der Waals surface area contributed by atoms with Gasteiger partial charge in [0.15, 0.2) is 0 Å². The molecule has 1 heterocycles. The molecule has 0 saturated heterocycles. The van der Waals surface area contributed by atoms with Crippen LogP contribution in [0.25, 0.3) is 16.6 Å². The third-order valence-corrected chi connectivity index (χ3v) is 4.66. The molecule has 0 bridgehead atoms. The predicted molar refractivity (Wildman–Crippen MR) is 96.8 cm³/mol. The van der Waals surface area contributed by atoms with E-state index in [1.807, 2.05) is 0 Å². The van der Waals surface area contributed by atoms with E-state index >= 15 is 0 Å². The van der Waals surface area contributed by atoms with Crippen LogP contribution in [0.15, 0.2) is 18.2 Å². The van der Waals surface area contributed by atoms with Crippen molar-refractivity contribution in [2.75, 3.05) is 5.73 Å². The van der Waals surface area contributed by atoms with Gasteiger partial charge in [-0.15, -0.1) is 0 Å². The summed E-state index contributed by atoms with van der Waals surface area (Å²) in [5, 5.41) is 19.7. The zero-order valence-electron chi connectivity index (χ0n) is 14.5. The van der Waals surface area contributed by atoms with E-state index in [-0.39, 0.29) is 22.7 Å². The Bertz CT molecular complexity index is 1110. The summed E-state index contributed by atoms with van der Waals surface area (Å²) in [6.07, 6.45) is 0. The number of carbonyl (C=O) groups is 1. The molecule has 0 saturated carbocycles. The van der Waals surface area contributed by atoms with E-state index in [4.69, 9.17) is 11.5 Å². The average molecular weight is 352 g/mol. The van der Waals surface area contributed by atoms with Crippen LogP contribution in [0.5, 0.6) is 5.75 Å². The number of hydrogen-bond acceptors (Lipinski definition) is 4. The third kappa shape index (κ3) is 2.27. The molecule has 3 rings (SSSR count). The van der Waals surface area contributed by atoms with E-state index in [1.54, 1.807) is 32.9 Å². The van der Waals surface area contributed by atoms with Crippen LogP contribution in [-0.4, -0.2) is 15.6 Å². The van der Waals surface area contributed by atoms with Crippen LogP contribution in [0.3, 0.4) is 0 Å². The third-order valence-electron chi connectivity index (χ3n) is 4.66. The number of amides is 1. The van der Waals surface area contributed by atoms with Crippen LogP contribution in [0, 0.1) is 37.9 Å². The Morgan fingerprint density at radius 1 is 1.23 bits per heavy atom. The Morgan fingerprint density at radius 2 is 1.88 bits per heavy atom. The second-order valence-electron chi connectivity index (χ2n) is 6.23. The number of aryl methyl sites for hydroxylation is 1. The first kappa shape index (κ1) is 17.3. The van der Waals surface area contributed by atoms with Gasteiger partial charge in [0.1, 0.15) is 17.4 Å². The molecular weight excluding hydrogens is 335 g/mol. The highest BCUT2D eigenvalue weighted by Gasteiger charge is 2.24. The molecule has 0 unspecified atom stereocenters. The van der Waals surface area contributed by atoms with E-state index < -0.39 is 11.7 Å². The highest BCUT2D eigenvalue weighted by Crippen LogP contribution is 2.38.